The van der Waals surface area contributed by atoms with Gasteiger partial charge in [-0.1, -0.05) is 170 Å². The SMILES string of the molecule is CC/C=C/C/C=C/C/C=C/C/C=C/CCCCCCCCCCCCC(=O)OCC(COCCC(C(=O)[O-])[N+](C)(C)C)OC(=O)CCCCCCCCC/C=C/C/C=C/CC. The Balaban J connectivity index is 4.24. The molecule has 0 aromatic rings. The third kappa shape index (κ3) is 41.9. The van der Waals surface area contributed by atoms with Crippen LogP contribution in [0, 0.1) is 0 Å². The molecule has 0 saturated heterocycles. The van der Waals surface area contributed by atoms with E-state index in [1.165, 1.54) is 77.0 Å². The lowest BCUT2D eigenvalue weighted by molar-refractivity contribution is -0.889. The van der Waals surface area contributed by atoms with Crippen molar-refractivity contribution in [1.29, 1.82) is 0 Å². The maximum absolute atomic E-state index is 12.7. The number of ether oxygens (including phenoxy) is 3. The minimum atomic E-state index is -1.13. The first-order valence-electron chi connectivity index (χ1n) is 24.5. The number of rotatable bonds is 43. The van der Waals surface area contributed by atoms with Gasteiger partial charge < -0.3 is 28.6 Å². The Morgan fingerprint density at radius 2 is 0.869 bits per heavy atom. The number of unbranched alkanes of at least 4 members (excludes halogenated alkanes) is 17. The summed E-state index contributed by atoms with van der Waals surface area (Å²) >= 11 is 0. The zero-order chi connectivity index (χ0) is 44.9. The third-order valence-electron chi connectivity index (χ3n) is 10.6. The number of esters is 2. The fourth-order valence-electron chi connectivity index (χ4n) is 6.86. The first kappa shape index (κ1) is 57.8. The molecule has 0 aromatic carbocycles. The molecule has 0 aliphatic heterocycles. The van der Waals surface area contributed by atoms with Gasteiger partial charge in [0.05, 0.1) is 40.3 Å². The van der Waals surface area contributed by atoms with E-state index in [4.69, 9.17) is 14.2 Å². The lowest BCUT2D eigenvalue weighted by Crippen LogP contribution is -2.55. The zero-order valence-electron chi connectivity index (χ0n) is 39.8. The van der Waals surface area contributed by atoms with Crippen molar-refractivity contribution in [3.05, 3.63) is 72.9 Å². The number of nitrogens with zero attached hydrogens (tertiary/aromatic N) is 1. The molecule has 0 saturated carbocycles. The van der Waals surface area contributed by atoms with Gasteiger partial charge in [0, 0.05) is 19.3 Å². The average molecular weight is 854 g/mol. The van der Waals surface area contributed by atoms with Gasteiger partial charge >= 0.3 is 11.9 Å². The number of carbonyl (C=O) groups excluding carboxylic acids is 3. The first-order valence-corrected chi connectivity index (χ1v) is 24.5. The number of carboxylic acid groups (broad SMARTS) is 1. The number of aliphatic carboxylic acids is 1. The molecule has 0 aliphatic rings. The van der Waals surface area contributed by atoms with Crippen molar-refractivity contribution < 1.29 is 38.2 Å². The molecule has 0 radical (unpaired) electrons. The molecule has 0 spiro atoms. The molecule has 2 unspecified atom stereocenters. The lowest BCUT2D eigenvalue weighted by atomic mass is 10.1. The Morgan fingerprint density at radius 1 is 0.492 bits per heavy atom. The molecular weight excluding hydrogens is 763 g/mol. The summed E-state index contributed by atoms with van der Waals surface area (Å²) in [5.41, 5.74) is 0. The Morgan fingerprint density at radius 3 is 1.28 bits per heavy atom. The van der Waals surface area contributed by atoms with E-state index in [2.05, 4.69) is 86.8 Å². The van der Waals surface area contributed by atoms with E-state index < -0.39 is 18.1 Å². The number of carboxylic acids is 1. The van der Waals surface area contributed by atoms with Crippen molar-refractivity contribution in [3.63, 3.8) is 0 Å². The summed E-state index contributed by atoms with van der Waals surface area (Å²) < 4.78 is 17.2. The minimum Gasteiger partial charge on any atom is -0.544 e. The summed E-state index contributed by atoms with van der Waals surface area (Å²) in [7, 11) is 5.40. The number of likely N-dealkylation sites (N-methyl/N-ethyl adjacent to an activating group) is 1. The number of carbonyl (C=O) groups is 3. The monoisotopic (exact) mass is 854 g/mol. The van der Waals surface area contributed by atoms with Crippen LogP contribution in [0.15, 0.2) is 72.9 Å². The van der Waals surface area contributed by atoms with Crippen molar-refractivity contribution in [2.24, 2.45) is 0 Å². The van der Waals surface area contributed by atoms with E-state index in [-0.39, 0.29) is 42.7 Å². The molecule has 8 heteroatoms. The fraction of sp³-hybridized carbons (Fsp3) is 0.717. The Kier molecular flexibility index (Phi) is 41.1. The van der Waals surface area contributed by atoms with E-state index in [1.54, 1.807) is 21.1 Å². The molecule has 0 aliphatic carbocycles. The fourth-order valence-corrected chi connectivity index (χ4v) is 6.86. The topological polar surface area (TPSA) is 102 Å². The Bertz CT molecular complexity index is 1230. The third-order valence-corrected chi connectivity index (χ3v) is 10.6. The molecule has 0 heterocycles. The second-order valence-electron chi connectivity index (χ2n) is 17.3. The highest BCUT2D eigenvalue weighted by Crippen LogP contribution is 2.15. The molecular formula is C53H91NO7. The summed E-state index contributed by atoms with van der Waals surface area (Å²) in [6.07, 6.45) is 55.0. The van der Waals surface area contributed by atoms with Gasteiger partial charge in [-0.05, 0) is 77.0 Å². The summed E-state index contributed by atoms with van der Waals surface area (Å²) in [6, 6.07) is -0.730. The molecule has 0 amide bonds. The van der Waals surface area contributed by atoms with Crippen LogP contribution in [0.25, 0.3) is 0 Å². The van der Waals surface area contributed by atoms with E-state index in [9.17, 15) is 19.5 Å². The molecule has 61 heavy (non-hydrogen) atoms. The van der Waals surface area contributed by atoms with Gasteiger partial charge in [0.15, 0.2) is 6.10 Å². The first-order chi connectivity index (χ1) is 29.6. The molecule has 0 aromatic heterocycles. The molecule has 8 nitrogen and oxygen atoms in total. The number of allylic oxidation sites excluding steroid dienone is 12. The predicted molar refractivity (Wildman–Crippen MR) is 254 cm³/mol. The smallest absolute Gasteiger partial charge is 0.306 e. The largest absolute Gasteiger partial charge is 0.544 e. The summed E-state index contributed by atoms with van der Waals surface area (Å²) in [5, 5.41) is 11.6. The van der Waals surface area contributed by atoms with Crippen molar-refractivity contribution >= 4 is 17.9 Å². The van der Waals surface area contributed by atoms with Crippen LogP contribution < -0.4 is 5.11 Å². The molecule has 0 fully saturated rings. The highest BCUT2D eigenvalue weighted by Gasteiger charge is 2.25. The van der Waals surface area contributed by atoms with Crippen molar-refractivity contribution in [3.8, 4) is 0 Å². The average Bonchev–Trinajstić information content (AvgIpc) is 3.22. The predicted octanol–water partition coefficient (Wildman–Crippen LogP) is 12.6. The van der Waals surface area contributed by atoms with Gasteiger partial charge in [0.2, 0.25) is 0 Å². The summed E-state index contributed by atoms with van der Waals surface area (Å²) in [5.74, 6) is -1.75. The van der Waals surface area contributed by atoms with Crippen LogP contribution in [0.3, 0.4) is 0 Å². The maximum Gasteiger partial charge on any atom is 0.306 e. The van der Waals surface area contributed by atoms with Gasteiger partial charge in [-0.2, -0.15) is 0 Å². The molecule has 350 valence electrons. The van der Waals surface area contributed by atoms with E-state index in [0.29, 0.717) is 12.8 Å². The van der Waals surface area contributed by atoms with E-state index in [0.717, 1.165) is 83.5 Å². The number of hydrogen-bond donors (Lipinski definition) is 0. The van der Waals surface area contributed by atoms with Crippen LogP contribution in [-0.2, 0) is 28.6 Å². The van der Waals surface area contributed by atoms with Crippen LogP contribution >= 0.6 is 0 Å². The van der Waals surface area contributed by atoms with Gasteiger partial charge in [0.25, 0.3) is 0 Å². The minimum absolute atomic E-state index is 0.0336. The second kappa shape index (κ2) is 43.4. The summed E-state index contributed by atoms with van der Waals surface area (Å²) in [4.78, 5) is 37.0. The zero-order valence-corrected chi connectivity index (χ0v) is 39.8. The van der Waals surface area contributed by atoms with Crippen molar-refractivity contribution in [1.82, 2.24) is 0 Å². The highest BCUT2D eigenvalue weighted by molar-refractivity contribution is 5.70. The van der Waals surface area contributed by atoms with Gasteiger partial charge in [0.1, 0.15) is 12.6 Å². The lowest BCUT2D eigenvalue weighted by Gasteiger charge is -2.34. The van der Waals surface area contributed by atoms with E-state index in [1.807, 2.05) is 0 Å². The molecule has 2 atom stereocenters. The molecule has 0 rings (SSSR count). The highest BCUT2D eigenvalue weighted by atomic mass is 16.6. The van der Waals surface area contributed by atoms with Gasteiger partial charge in [-0.3, -0.25) is 9.59 Å². The van der Waals surface area contributed by atoms with Crippen LogP contribution in [0.4, 0.5) is 0 Å². The number of hydrogen-bond acceptors (Lipinski definition) is 7. The normalized spacial score (nSPS) is 13.5. The molecule has 0 N–H and O–H groups in total. The van der Waals surface area contributed by atoms with Gasteiger partial charge in [-0.15, -0.1) is 0 Å². The standard InChI is InChI=1S/C53H91NO7/c1-6-8-10-12-14-16-18-20-22-23-24-25-26-27-28-29-30-32-33-35-37-39-41-43-51(55)60-48-49(47-59-46-45-50(53(57)58)54(3,4)5)61-52(56)44-42-40-38-36-34-31-21-19-17-15-13-11-9-7-2/h8-11,14-17,20,22,24-25,49-50H,6-7,12-13,18-19,21,23,26-48H2,1-5H3/b10-8+,11-9+,16-14+,17-15+,22-20+,25-24+. The second-order valence-corrected chi connectivity index (χ2v) is 17.3. The summed E-state index contributed by atoms with van der Waals surface area (Å²) in [6.45, 7) is 4.43. The van der Waals surface area contributed by atoms with Gasteiger partial charge in [-0.25, -0.2) is 0 Å². The number of quaternary nitrogens is 1. The molecule has 0 bridgehead atoms. The van der Waals surface area contributed by atoms with Crippen LogP contribution in [0.2, 0.25) is 0 Å². The maximum atomic E-state index is 12.7. The van der Waals surface area contributed by atoms with Crippen LogP contribution in [0.5, 0.6) is 0 Å². The van der Waals surface area contributed by atoms with Crippen LogP contribution in [0.1, 0.15) is 194 Å². The van der Waals surface area contributed by atoms with Crippen molar-refractivity contribution in [2.75, 3.05) is 41.0 Å². The Labute approximate surface area is 374 Å². The van der Waals surface area contributed by atoms with Crippen LogP contribution in [-0.4, -0.2) is 75.5 Å². The quantitative estimate of drug-likeness (QED) is 0.0260. The van der Waals surface area contributed by atoms with E-state index >= 15 is 0 Å². The van der Waals surface area contributed by atoms with Crippen molar-refractivity contribution in [2.45, 2.75) is 206 Å². The Hall–Kier alpha value is -3.23.